The first-order chi connectivity index (χ1) is 11.5. The molecule has 0 spiro atoms. The Bertz CT molecular complexity index is 738. The molecule has 0 fully saturated rings. The first kappa shape index (κ1) is 20.0. The molecule has 25 heavy (non-hydrogen) atoms. The van der Waals surface area contributed by atoms with Crippen molar-refractivity contribution in [1.82, 2.24) is 4.41 Å². The molecule has 1 heterocycles. The Labute approximate surface area is 152 Å². The Hall–Kier alpha value is -1.28. The van der Waals surface area contributed by atoms with Crippen molar-refractivity contribution in [2.75, 3.05) is 5.01 Å². The normalized spacial score (nSPS) is 19.1. The van der Waals surface area contributed by atoms with Gasteiger partial charge in [0, 0.05) is 11.9 Å². The van der Waals surface area contributed by atoms with E-state index in [4.69, 9.17) is 28.5 Å². The lowest BCUT2D eigenvalue weighted by atomic mass is 10.2. The molecule has 12 heteroatoms. The lowest BCUT2D eigenvalue weighted by Gasteiger charge is -2.32. The van der Waals surface area contributed by atoms with Gasteiger partial charge in [-0.15, -0.1) is 4.41 Å². The minimum atomic E-state index is -4.84. The lowest BCUT2D eigenvalue weighted by Crippen LogP contribution is -2.38. The van der Waals surface area contributed by atoms with Crippen molar-refractivity contribution in [2.45, 2.75) is 24.9 Å². The summed E-state index contributed by atoms with van der Waals surface area (Å²) in [5, 5.41) is 9.04. The van der Waals surface area contributed by atoms with E-state index < -0.39 is 40.1 Å². The van der Waals surface area contributed by atoms with E-state index >= 15 is 0 Å². The first-order valence-electron chi connectivity index (χ1n) is 6.35. The Morgan fingerprint density at radius 1 is 1.28 bits per heavy atom. The highest BCUT2D eigenvalue weighted by Crippen LogP contribution is 2.46. The van der Waals surface area contributed by atoms with Crippen LogP contribution >= 0.6 is 35.1 Å². The van der Waals surface area contributed by atoms with Gasteiger partial charge in [0.15, 0.2) is 6.04 Å². The molecule has 136 valence electrons. The van der Waals surface area contributed by atoms with Gasteiger partial charge in [-0.1, -0.05) is 23.2 Å². The average molecular weight is 422 g/mol. The summed E-state index contributed by atoms with van der Waals surface area (Å²) < 4.78 is 78.8. The summed E-state index contributed by atoms with van der Waals surface area (Å²) in [5.74, 6) is -4.40. The van der Waals surface area contributed by atoms with Crippen LogP contribution in [0.2, 0.25) is 5.02 Å². The second kappa shape index (κ2) is 7.15. The molecule has 2 rings (SSSR count). The number of allylic oxidation sites excluding steroid dienone is 1. The monoisotopic (exact) mass is 421 g/mol. The molecule has 1 unspecified atom stereocenters. The third kappa shape index (κ3) is 3.79. The molecule has 0 radical (unpaired) electrons. The van der Waals surface area contributed by atoms with E-state index in [9.17, 15) is 26.3 Å². The maximum absolute atomic E-state index is 14.3. The first-order valence-corrected chi connectivity index (χ1v) is 7.94. The number of nitriles is 1. The minimum Gasteiger partial charge on any atom is -0.261 e. The van der Waals surface area contributed by atoms with Gasteiger partial charge in [0.2, 0.25) is 0 Å². The molecule has 0 amide bonds. The van der Waals surface area contributed by atoms with Crippen LogP contribution in [0.1, 0.15) is 12.5 Å². The molecule has 1 aliphatic rings. The lowest BCUT2D eigenvalue weighted by molar-refractivity contribution is -0.137. The van der Waals surface area contributed by atoms with Gasteiger partial charge in [0.05, 0.1) is 27.4 Å². The molecule has 0 N–H and O–H groups in total. The summed E-state index contributed by atoms with van der Waals surface area (Å²) in [6, 6.07) is 0.944. The van der Waals surface area contributed by atoms with E-state index in [2.05, 4.69) is 0 Å². The number of alkyl halides is 5. The van der Waals surface area contributed by atoms with Crippen molar-refractivity contribution >= 4 is 40.8 Å². The largest absolute Gasteiger partial charge is 0.416 e. The highest BCUT2D eigenvalue weighted by atomic mass is 35.5. The summed E-state index contributed by atoms with van der Waals surface area (Å²) in [7, 11) is 0. The predicted octanol–water partition coefficient (Wildman–Crippen LogP) is 5.77. The summed E-state index contributed by atoms with van der Waals surface area (Å²) in [6.45, 7) is 1.30. The van der Waals surface area contributed by atoms with E-state index in [0.717, 1.165) is 5.01 Å². The van der Waals surface area contributed by atoms with Gasteiger partial charge in [-0.3, -0.25) is 5.01 Å². The number of hydrogen-bond acceptors (Lipinski definition) is 4. The van der Waals surface area contributed by atoms with E-state index in [0.29, 0.717) is 10.5 Å². The van der Waals surface area contributed by atoms with Gasteiger partial charge in [0.1, 0.15) is 11.5 Å². The van der Waals surface area contributed by atoms with Crippen LogP contribution in [0.3, 0.4) is 0 Å². The second-order valence-electron chi connectivity index (χ2n) is 4.73. The number of hydrogen-bond donors (Lipinski definition) is 0. The molecular formula is C13H7Cl2F6N3S. The highest BCUT2D eigenvalue weighted by molar-refractivity contribution is 7.97. The average Bonchev–Trinajstić information content (AvgIpc) is 2.69. The zero-order chi connectivity index (χ0) is 19.1. The van der Waals surface area contributed by atoms with Gasteiger partial charge >= 0.3 is 6.18 Å². The third-order valence-electron chi connectivity index (χ3n) is 3.19. The second-order valence-corrected chi connectivity index (χ2v) is 6.49. The van der Waals surface area contributed by atoms with Crippen LogP contribution in [0.5, 0.6) is 0 Å². The summed E-state index contributed by atoms with van der Waals surface area (Å²) in [6.07, 6.45) is -4.84. The summed E-state index contributed by atoms with van der Waals surface area (Å²) in [5.41, 5.74) is -1.96. The van der Waals surface area contributed by atoms with Gasteiger partial charge in [-0.05, 0) is 19.1 Å². The van der Waals surface area contributed by atoms with Crippen molar-refractivity contribution in [2.24, 2.45) is 0 Å². The molecule has 0 saturated heterocycles. The maximum Gasteiger partial charge on any atom is 0.416 e. The Morgan fingerprint density at radius 2 is 1.88 bits per heavy atom. The van der Waals surface area contributed by atoms with Crippen molar-refractivity contribution in [3.8, 4) is 6.07 Å². The number of nitrogens with zero attached hydrogens (tertiary/aromatic N) is 3. The number of anilines is 1. The van der Waals surface area contributed by atoms with E-state index in [-0.39, 0.29) is 28.7 Å². The van der Waals surface area contributed by atoms with Crippen molar-refractivity contribution in [1.29, 1.82) is 5.26 Å². The molecule has 0 aromatic heterocycles. The van der Waals surface area contributed by atoms with Crippen LogP contribution in [0.25, 0.3) is 0 Å². The van der Waals surface area contributed by atoms with Crippen LogP contribution in [0, 0.1) is 17.1 Å². The Morgan fingerprint density at radius 3 is 2.32 bits per heavy atom. The third-order valence-corrected chi connectivity index (χ3v) is 4.71. The van der Waals surface area contributed by atoms with Gasteiger partial charge < -0.3 is 0 Å². The van der Waals surface area contributed by atoms with Crippen LogP contribution in [0.15, 0.2) is 22.9 Å². The predicted molar refractivity (Wildman–Crippen MR) is 82.3 cm³/mol. The number of halogens is 8. The summed E-state index contributed by atoms with van der Waals surface area (Å²) in [4.78, 5) is 0. The maximum atomic E-state index is 14.3. The van der Waals surface area contributed by atoms with Gasteiger partial charge in [-0.2, -0.15) is 27.2 Å². The molecular weight excluding hydrogens is 415 g/mol. The Balaban J connectivity index is 2.60. The van der Waals surface area contributed by atoms with E-state index in [1.54, 1.807) is 6.07 Å². The molecule has 1 aliphatic heterocycles. The number of benzene rings is 1. The van der Waals surface area contributed by atoms with Gasteiger partial charge in [-0.25, -0.2) is 4.39 Å². The highest BCUT2D eigenvalue weighted by Gasteiger charge is 2.42. The molecule has 1 aromatic rings. The minimum absolute atomic E-state index is 0.0121. The molecule has 0 bridgehead atoms. The Kier molecular flexibility index (Phi) is 5.73. The summed E-state index contributed by atoms with van der Waals surface area (Å²) >= 11 is 11.6. The van der Waals surface area contributed by atoms with Crippen LogP contribution in [-0.2, 0) is 6.18 Å². The zero-order valence-corrected chi connectivity index (χ0v) is 14.4. The number of rotatable bonds is 3. The van der Waals surface area contributed by atoms with Crippen LogP contribution in [-0.4, -0.2) is 16.2 Å². The molecule has 1 atom stereocenters. The molecule has 0 aliphatic carbocycles. The van der Waals surface area contributed by atoms with Crippen molar-refractivity contribution in [3.63, 3.8) is 0 Å². The fourth-order valence-electron chi connectivity index (χ4n) is 2.15. The van der Waals surface area contributed by atoms with Crippen LogP contribution < -0.4 is 5.01 Å². The smallest absolute Gasteiger partial charge is 0.261 e. The van der Waals surface area contributed by atoms with Gasteiger partial charge in [0.25, 0.3) is 5.76 Å². The molecule has 0 saturated carbocycles. The SMILES string of the molecule is CC1=C(Cl)C(C#N)N(SC(F)F)N1c1c(F)cc(C(F)(F)F)cc1Cl. The standard InChI is InChI=1S/C13H7Cl2F6N3S/c1-5-10(15)9(4-22)24(25-12(17)18)23(5)11-7(14)2-6(3-8(11)16)13(19,20)21/h2-3,9,12H,1H3. The molecule has 3 nitrogen and oxygen atoms in total. The topological polar surface area (TPSA) is 30.3 Å². The quantitative estimate of drug-likeness (QED) is 0.457. The zero-order valence-electron chi connectivity index (χ0n) is 12.1. The fourth-order valence-corrected chi connectivity index (χ4v) is 3.46. The van der Waals surface area contributed by atoms with E-state index in [1.165, 1.54) is 6.92 Å². The van der Waals surface area contributed by atoms with E-state index in [1.807, 2.05) is 0 Å². The fraction of sp³-hybridized carbons (Fsp3) is 0.308. The van der Waals surface area contributed by atoms with Crippen LogP contribution in [0.4, 0.5) is 32.0 Å². The van der Waals surface area contributed by atoms with Crippen molar-refractivity contribution < 1.29 is 26.3 Å². The number of hydrazine groups is 1. The molecule has 1 aromatic carbocycles. The van der Waals surface area contributed by atoms with Crippen molar-refractivity contribution in [3.05, 3.63) is 39.3 Å².